The van der Waals surface area contributed by atoms with Crippen LogP contribution in [0, 0.1) is 0 Å². The first-order chi connectivity index (χ1) is 9.65. The first kappa shape index (κ1) is 14.9. The highest BCUT2D eigenvalue weighted by Crippen LogP contribution is 2.29. The summed E-state index contributed by atoms with van der Waals surface area (Å²) in [7, 11) is 1.67. The third-order valence-corrected chi connectivity index (χ3v) is 3.73. The van der Waals surface area contributed by atoms with Crippen LogP contribution in [0.25, 0.3) is 0 Å². The SMILES string of the molecule is CCO[C@H](C)C(=O)NCc1cc2c(cc1OC)CCC2. The van der Waals surface area contributed by atoms with E-state index in [1.54, 1.807) is 14.0 Å². The van der Waals surface area contributed by atoms with Gasteiger partial charge in [0.25, 0.3) is 0 Å². The van der Waals surface area contributed by atoms with E-state index in [0.29, 0.717) is 13.2 Å². The molecule has 20 heavy (non-hydrogen) atoms. The van der Waals surface area contributed by atoms with E-state index in [9.17, 15) is 4.79 Å². The fraction of sp³-hybridized carbons (Fsp3) is 0.562. The lowest BCUT2D eigenvalue weighted by molar-refractivity contribution is -0.131. The second kappa shape index (κ2) is 6.75. The van der Waals surface area contributed by atoms with Crippen LogP contribution in [-0.2, 0) is 28.9 Å². The zero-order chi connectivity index (χ0) is 14.5. The average Bonchev–Trinajstić information content (AvgIpc) is 2.90. The molecule has 0 spiro atoms. The van der Waals surface area contributed by atoms with E-state index >= 15 is 0 Å². The van der Waals surface area contributed by atoms with Crippen molar-refractivity contribution in [3.63, 3.8) is 0 Å². The molecule has 0 heterocycles. The van der Waals surface area contributed by atoms with Gasteiger partial charge in [0.1, 0.15) is 11.9 Å². The van der Waals surface area contributed by atoms with Crippen molar-refractivity contribution in [1.29, 1.82) is 0 Å². The third kappa shape index (κ3) is 3.31. The normalized spacial score (nSPS) is 14.8. The zero-order valence-corrected chi connectivity index (χ0v) is 12.5. The molecule has 4 heteroatoms. The van der Waals surface area contributed by atoms with Crippen LogP contribution in [0.1, 0.15) is 37.0 Å². The lowest BCUT2D eigenvalue weighted by Gasteiger charge is -2.15. The van der Waals surface area contributed by atoms with E-state index < -0.39 is 6.10 Å². The minimum absolute atomic E-state index is 0.0885. The summed E-state index contributed by atoms with van der Waals surface area (Å²) in [4.78, 5) is 11.9. The van der Waals surface area contributed by atoms with Crippen molar-refractivity contribution in [1.82, 2.24) is 5.32 Å². The van der Waals surface area contributed by atoms with Crippen LogP contribution < -0.4 is 10.1 Å². The number of carbonyl (C=O) groups is 1. The quantitative estimate of drug-likeness (QED) is 0.867. The molecule has 1 aromatic carbocycles. The molecule has 0 radical (unpaired) electrons. The van der Waals surface area contributed by atoms with Crippen molar-refractivity contribution < 1.29 is 14.3 Å². The molecule has 1 aliphatic carbocycles. The molecular weight excluding hydrogens is 254 g/mol. The smallest absolute Gasteiger partial charge is 0.249 e. The monoisotopic (exact) mass is 277 g/mol. The molecule has 0 aromatic heterocycles. The van der Waals surface area contributed by atoms with E-state index in [2.05, 4.69) is 17.4 Å². The molecule has 110 valence electrons. The Morgan fingerprint density at radius 1 is 1.35 bits per heavy atom. The van der Waals surface area contributed by atoms with E-state index in [1.807, 2.05) is 6.92 Å². The van der Waals surface area contributed by atoms with Crippen molar-refractivity contribution in [3.8, 4) is 5.75 Å². The highest BCUT2D eigenvalue weighted by atomic mass is 16.5. The van der Waals surface area contributed by atoms with Crippen molar-refractivity contribution in [2.45, 2.75) is 45.8 Å². The number of methoxy groups -OCH3 is 1. The van der Waals surface area contributed by atoms with Gasteiger partial charge in [-0.05, 0) is 50.3 Å². The molecule has 1 aliphatic rings. The van der Waals surface area contributed by atoms with Crippen LogP contribution >= 0.6 is 0 Å². The predicted molar refractivity (Wildman–Crippen MR) is 78.0 cm³/mol. The van der Waals surface area contributed by atoms with Gasteiger partial charge < -0.3 is 14.8 Å². The van der Waals surface area contributed by atoms with Gasteiger partial charge in [0.2, 0.25) is 5.91 Å². The van der Waals surface area contributed by atoms with Gasteiger partial charge in [0, 0.05) is 18.7 Å². The first-order valence-electron chi connectivity index (χ1n) is 7.23. The molecule has 4 nitrogen and oxygen atoms in total. The van der Waals surface area contributed by atoms with Crippen LogP contribution in [0.5, 0.6) is 5.75 Å². The van der Waals surface area contributed by atoms with E-state index in [0.717, 1.165) is 24.2 Å². The van der Waals surface area contributed by atoms with Crippen molar-refractivity contribution in [2.24, 2.45) is 0 Å². The van der Waals surface area contributed by atoms with Crippen LogP contribution in [0.4, 0.5) is 0 Å². The molecule has 0 bridgehead atoms. The Morgan fingerprint density at radius 3 is 2.70 bits per heavy atom. The van der Waals surface area contributed by atoms with Gasteiger partial charge in [-0.1, -0.05) is 6.07 Å². The lowest BCUT2D eigenvalue weighted by atomic mass is 10.0. The molecule has 0 aliphatic heterocycles. The number of benzene rings is 1. The highest BCUT2D eigenvalue weighted by molar-refractivity contribution is 5.80. The molecule has 1 atom stereocenters. The Labute approximate surface area is 120 Å². The van der Waals surface area contributed by atoms with Crippen molar-refractivity contribution >= 4 is 5.91 Å². The Bertz CT molecular complexity index is 485. The molecule has 0 unspecified atom stereocenters. The second-order valence-electron chi connectivity index (χ2n) is 5.10. The summed E-state index contributed by atoms with van der Waals surface area (Å²) in [6.45, 7) is 4.66. The Balaban J connectivity index is 2.04. The maximum atomic E-state index is 11.9. The second-order valence-corrected chi connectivity index (χ2v) is 5.10. The number of hydrogen-bond donors (Lipinski definition) is 1. The van der Waals surface area contributed by atoms with Gasteiger partial charge >= 0.3 is 0 Å². The zero-order valence-electron chi connectivity index (χ0n) is 12.5. The first-order valence-corrected chi connectivity index (χ1v) is 7.23. The fourth-order valence-corrected chi connectivity index (χ4v) is 2.63. The third-order valence-electron chi connectivity index (χ3n) is 3.73. The minimum atomic E-state index is -0.416. The number of rotatable bonds is 6. The molecule has 1 N–H and O–H groups in total. The number of amides is 1. The van der Waals surface area contributed by atoms with E-state index in [-0.39, 0.29) is 5.91 Å². The number of carbonyl (C=O) groups excluding carboxylic acids is 1. The van der Waals surface area contributed by atoms with Gasteiger partial charge in [0.05, 0.1) is 7.11 Å². The summed E-state index contributed by atoms with van der Waals surface area (Å²) in [5.41, 5.74) is 3.79. The van der Waals surface area contributed by atoms with Crippen LogP contribution in [0.3, 0.4) is 0 Å². The summed E-state index contributed by atoms with van der Waals surface area (Å²) in [5, 5.41) is 2.91. The van der Waals surface area contributed by atoms with Crippen molar-refractivity contribution in [3.05, 3.63) is 28.8 Å². The number of hydrogen-bond acceptors (Lipinski definition) is 3. The van der Waals surface area contributed by atoms with Gasteiger partial charge in [-0.25, -0.2) is 0 Å². The highest BCUT2D eigenvalue weighted by Gasteiger charge is 2.17. The molecule has 0 saturated heterocycles. The fourth-order valence-electron chi connectivity index (χ4n) is 2.63. The minimum Gasteiger partial charge on any atom is -0.496 e. The van der Waals surface area contributed by atoms with E-state index in [4.69, 9.17) is 9.47 Å². The van der Waals surface area contributed by atoms with Crippen LogP contribution in [0.15, 0.2) is 12.1 Å². The molecular formula is C16H23NO3. The number of nitrogens with one attached hydrogen (secondary N) is 1. The molecule has 0 fully saturated rings. The Hall–Kier alpha value is -1.55. The largest absolute Gasteiger partial charge is 0.496 e. The molecule has 1 aromatic rings. The lowest BCUT2D eigenvalue weighted by Crippen LogP contribution is -2.34. The molecule has 0 saturated carbocycles. The average molecular weight is 277 g/mol. The number of ether oxygens (including phenoxy) is 2. The summed E-state index contributed by atoms with van der Waals surface area (Å²) >= 11 is 0. The molecule has 1 amide bonds. The Kier molecular flexibility index (Phi) is 5.01. The van der Waals surface area contributed by atoms with Gasteiger partial charge in [0.15, 0.2) is 0 Å². The summed E-state index contributed by atoms with van der Waals surface area (Å²) in [6, 6.07) is 4.27. The van der Waals surface area contributed by atoms with Crippen LogP contribution in [-0.4, -0.2) is 25.7 Å². The number of aryl methyl sites for hydroxylation is 2. The van der Waals surface area contributed by atoms with Crippen molar-refractivity contribution in [2.75, 3.05) is 13.7 Å². The topological polar surface area (TPSA) is 47.6 Å². The summed E-state index contributed by atoms with van der Waals surface area (Å²) in [6.07, 6.45) is 3.03. The number of fused-ring (bicyclic) bond motifs is 1. The summed E-state index contributed by atoms with van der Waals surface area (Å²) < 4.78 is 10.7. The van der Waals surface area contributed by atoms with E-state index in [1.165, 1.54) is 17.5 Å². The predicted octanol–water partition coefficient (Wildman–Crippen LogP) is 2.23. The summed E-state index contributed by atoms with van der Waals surface area (Å²) in [5.74, 6) is 0.768. The van der Waals surface area contributed by atoms with Gasteiger partial charge in [-0.2, -0.15) is 0 Å². The van der Waals surface area contributed by atoms with Gasteiger partial charge in [-0.3, -0.25) is 4.79 Å². The maximum absolute atomic E-state index is 11.9. The van der Waals surface area contributed by atoms with Crippen LogP contribution in [0.2, 0.25) is 0 Å². The standard InChI is InChI=1S/C16H23NO3/c1-4-20-11(2)16(18)17-10-14-8-12-6-5-7-13(12)9-15(14)19-3/h8-9,11H,4-7,10H2,1-3H3,(H,17,18)/t11-/m1/s1. The molecule has 2 rings (SSSR count). The maximum Gasteiger partial charge on any atom is 0.249 e. The Morgan fingerprint density at radius 2 is 2.05 bits per heavy atom. The van der Waals surface area contributed by atoms with Gasteiger partial charge in [-0.15, -0.1) is 0 Å².